The van der Waals surface area contributed by atoms with Gasteiger partial charge in [0.05, 0.1) is 0 Å². The van der Waals surface area contributed by atoms with Crippen LogP contribution in [0.1, 0.15) is 22.3 Å². The first-order valence-corrected chi connectivity index (χ1v) is 7.47. The van der Waals surface area contributed by atoms with E-state index in [9.17, 15) is 0 Å². The van der Waals surface area contributed by atoms with Crippen molar-refractivity contribution in [1.29, 1.82) is 0 Å². The van der Waals surface area contributed by atoms with Crippen molar-refractivity contribution in [3.05, 3.63) is 95.1 Å². The standard InChI is InChI=1S/C22H18/c1-17-8-9-20(16-18(17)2)11-10-19-12-14-22(15-13-19)21-6-4-3-5-7-21/h3-9,12-16H,1-2H3. The number of benzene rings is 3. The highest BCUT2D eigenvalue weighted by Crippen LogP contribution is 2.19. The van der Waals surface area contributed by atoms with Crippen LogP contribution in [0.25, 0.3) is 11.1 Å². The molecule has 0 aliphatic carbocycles. The second-order valence-electron chi connectivity index (χ2n) is 5.49. The maximum Gasteiger partial charge on any atom is 0.0251 e. The van der Waals surface area contributed by atoms with Gasteiger partial charge in [-0.25, -0.2) is 0 Å². The summed E-state index contributed by atoms with van der Waals surface area (Å²) in [4.78, 5) is 0. The van der Waals surface area contributed by atoms with Crippen LogP contribution < -0.4 is 0 Å². The van der Waals surface area contributed by atoms with Crippen molar-refractivity contribution in [3.8, 4) is 23.0 Å². The van der Waals surface area contributed by atoms with E-state index in [1.54, 1.807) is 0 Å². The molecule has 3 rings (SSSR count). The van der Waals surface area contributed by atoms with Gasteiger partial charge in [-0.2, -0.15) is 0 Å². The molecule has 0 aromatic heterocycles. The van der Waals surface area contributed by atoms with Gasteiger partial charge in [0.15, 0.2) is 0 Å². The Balaban J connectivity index is 1.82. The molecular formula is C22H18. The molecule has 0 aliphatic rings. The lowest BCUT2D eigenvalue weighted by molar-refractivity contribution is 1.33. The fourth-order valence-corrected chi connectivity index (χ4v) is 2.34. The minimum atomic E-state index is 1.04. The SMILES string of the molecule is Cc1ccc(C#Cc2ccc(-c3ccccc3)cc2)cc1C. The van der Waals surface area contributed by atoms with E-state index in [0.29, 0.717) is 0 Å². The van der Waals surface area contributed by atoms with Gasteiger partial charge in [0, 0.05) is 11.1 Å². The average molecular weight is 282 g/mol. The first kappa shape index (κ1) is 14.2. The average Bonchev–Trinajstić information content (AvgIpc) is 2.57. The lowest BCUT2D eigenvalue weighted by Crippen LogP contribution is -1.83. The van der Waals surface area contributed by atoms with Crippen molar-refractivity contribution < 1.29 is 0 Å². The zero-order chi connectivity index (χ0) is 15.4. The fraction of sp³-hybridized carbons (Fsp3) is 0.0909. The lowest BCUT2D eigenvalue weighted by atomic mass is 10.0. The molecule has 0 amide bonds. The molecule has 0 aliphatic heterocycles. The summed E-state index contributed by atoms with van der Waals surface area (Å²) in [5.74, 6) is 6.47. The summed E-state index contributed by atoms with van der Waals surface area (Å²) < 4.78 is 0. The van der Waals surface area contributed by atoms with Crippen LogP contribution in [0, 0.1) is 25.7 Å². The van der Waals surface area contributed by atoms with Crippen LogP contribution in [-0.4, -0.2) is 0 Å². The first-order chi connectivity index (χ1) is 10.7. The van der Waals surface area contributed by atoms with Gasteiger partial charge in [0.25, 0.3) is 0 Å². The highest BCUT2D eigenvalue weighted by atomic mass is 14.0. The van der Waals surface area contributed by atoms with Gasteiger partial charge >= 0.3 is 0 Å². The molecule has 3 aromatic carbocycles. The van der Waals surface area contributed by atoms with Crippen molar-refractivity contribution in [2.24, 2.45) is 0 Å². The van der Waals surface area contributed by atoms with Gasteiger partial charge in [0.1, 0.15) is 0 Å². The van der Waals surface area contributed by atoms with Gasteiger partial charge in [-0.15, -0.1) is 0 Å². The zero-order valence-electron chi connectivity index (χ0n) is 12.9. The van der Waals surface area contributed by atoms with E-state index in [0.717, 1.165) is 11.1 Å². The van der Waals surface area contributed by atoms with Crippen LogP contribution in [0.5, 0.6) is 0 Å². The van der Waals surface area contributed by atoms with Crippen molar-refractivity contribution >= 4 is 0 Å². The fourth-order valence-electron chi connectivity index (χ4n) is 2.34. The molecule has 106 valence electrons. The lowest BCUT2D eigenvalue weighted by Gasteiger charge is -2.01. The number of rotatable bonds is 1. The van der Waals surface area contributed by atoms with Crippen LogP contribution in [0.2, 0.25) is 0 Å². The van der Waals surface area contributed by atoms with Crippen molar-refractivity contribution in [3.63, 3.8) is 0 Å². The summed E-state index contributed by atoms with van der Waals surface area (Å²) in [5, 5.41) is 0. The van der Waals surface area contributed by atoms with Gasteiger partial charge in [-0.05, 0) is 60.4 Å². The molecule has 0 atom stereocenters. The van der Waals surface area contributed by atoms with Crippen LogP contribution >= 0.6 is 0 Å². The molecule has 0 saturated carbocycles. The highest BCUT2D eigenvalue weighted by Gasteiger charge is 1.96. The normalized spacial score (nSPS) is 9.91. The predicted octanol–water partition coefficient (Wildman–Crippen LogP) is 5.37. The summed E-state index contributed by atoms with van der Waals surface area (Å²) in [6.45, 7) is 4.24. The molecule has 0 unspecified atom stereocenters. The van der Waals surface area contributed by atoms with Crippen LogP contribution in [0.3, 0.4) is 0 Å². The molecule has 0 bridgehead atoms. The minimum absolute atomic E-state index is 1.04. The molecule has 0 spiro atoms. The Hall–Kier alpha value is -2.78. The van der Waals surface area contributed by atoms with E-state index in [4.69, 9.17) is 0 Å². The summed E-state index contributed by atoms with van der Waals surface area (Å²) in [6, 6.07) is 25.1. The summed E-state index contributed by atoms with van der Waals surface area (Å²) in [7, 11) is 0. The maximum atomic E-state index is 3.24. The summed E-state index contributed by atoms with van der Waals surface area (Å²) in [6.07, 6.45) is 0. The molecule has 0 radical (unpaired) electrons. The topological polar surface area (TPSA) is 0 Å². The van der Waals surface area contributed by atoms with Gasteiger partial charge < -0.3 is 0 Å². The second kappa shape index (κ2) is 6.33. The molecular weight excluding hydrogens is 264 g/mol. The summed E-state index contributed by atoms with van der Waals surface area (Å²) in [5.41, 5.74) is 7.14. The Morgan fingerprint density at radius 1 is 0.545 bits per heavy atom. The largest absolute Gasteiger partial charge is 0.0622 e. The zero-order valence-corrected chi connectivity index (χ0v) is 12.9. The van der Waals surface area contributed by atoms with Crippen LogP contribution in [-0.2, 0) is 0 Å². The quantitative estimate of drug-likeness (QED) is 0.526. The monoisotopic (exact) mass is 282 g/mol. The van der Waals surface area contributed by atoms with E-state index < -0.39 is 0 Å². The number of hydrogen-bond donors (Lipinski definition) is 0. The van der Waals surface area contributed by atoms with Gasteiger partial charge in [0.2, 0.25) is 0 Å². The van der Waals surface area contributed by atoms with Crippen molar-refractivity contribution in [2.45, 2.75) is 13.8 Å². The summed E-state index contributed by atoms with van der Waals surface area (Å²) >= 11 is 0. The Morgan fingerprint density at radius 3 is 1.82 bits per heavy atom. The van der Waals surface area contributed by atoms with Crippen LogP contribution in [0.15, 0.2) is 72.8 Å². The first-order valence-electron chi connectivity index (χ1n) is 7.47. The molecule has 22 heavy (non-hydrogen) atoms. The maximum absolute atomic E-state index is 3.24. The molecule has 0 heteroatoms. The molecule has 0 nitrogen and oxygen atoms in total. The number of aryl methyl sites for hydroxylation is 2. The van der Waals surface area contributed by atoms with E-state index >= 15 is 0 Å². The van der Waals surface area contributed by atoms with E-state index in [1.165, 1.54) is 22.3 Å². The highest BCUT2D eigenvalue weighted by molar-refractivity contribution is 5.64. The van der Waals surface area contributed by atoms with Crippen molar-refractivity contribution in [1.82, 2.24) is 0 Å². The Morgan fingerprint density at radius 2 is 1.14 bits per heavy atom. The van der Waals surface area contributed by atoms with Gasteiger partial charge in [-0.1, -0.05) is 60.4 Å². The van der Waals surface area contributed by atoms with E-state index in [2.05, 4.69) is 92.4 Å². The predicted molar refractivity (Wildman–Crippen MR) is 93.8 cm³/mol. The number of hydrogen-bond acceptors (Lipinski definition) is 0. The van der Waals surface area contributed by atoms with E-state index in [1.807, 2.05) is 6.07 Å². The third-order valence-corrected chi connectivity index (χ3v) is 3.85. The Bertz CT molecular complexity index is 829. The van der Waals surface area contributed by atoms with Crippen molar-refractivity contribution in [2.75, 3.05) is 0 Å². The molecule has 0 saturated heterocycles. The Labute approximate surface area is 132 Å². The minimum Gasteiger partial charge on any atom is -0.0622 e. The van der Waals surface area contributed by atoms with Gasteiger partial charge in [-0.3, -0.25) is 0 Å². The van der Waals surface area contributed by atoms with Crippen LogP contribution in [0.4, 0.5) is 0 Å². The molecule has 0 heterocycles. The smallest absolute Gasteiger partial charge is 0.0251 e. The third kappa shape index (κ3) is 3.27. The molecule has 3 aromatic rings. The molecule has 0 N–H and O–H groups in total. The third-order valence-electron chi connectivity index (χ3n) is 3.85. The second-order valence-corrected chi connectivity index (χ2v) is 5.49. The van der Waals surface area contributed by atoms with E-state index in [-0.39, 0.29) is 0 Å². The molecule has 0 fully saturated rings. The Kier molecular flexibility index (Phi) is 4.08.